The van der Waals surface area contributed by atoms with Gasteiger partial charge in [0.05, 0.1) is 30.6 Å². The molecule has 0 saturated carbocycles. The highest BCUT2D eigenvalue weighted by Crippen LogP contribution is 2.39. The Labute approximate surface area is 150 Å². The van der Waals surface area contributed by atoms with Gasteiger partial charge in [0.1, 0.15) is 17.7 Å². The van der Waals surface area contributed by atoms with Crippen LogP contribution in [-0.2, 0) is 13.0 Å². The number of fused-ring (bicyclic) bond motifs is 3. The van der Waals surface area contributed by atoms with Crippen LogP contribution in [-0.4, -0.2) is 31.2 Å². The summed E-state index contributed by atoms with van der Waals surface area (Å²) in [6, 6.07) is 5.12. The van der Waals surface area contributed by atoms with Crippen molar-refractivity contribution in [3.63, 3.8) is 0 Å². The molecule has 6 nitrogen and oxygen atoms in total. The Hall–Kier alpha value is -2.25. The minimum atomic E-state index is -0.329. The van der Waals surface area contributed by atoms with Gasteiger partial charge in [-0.3, -0.25) is 4.79 Å². The van der Waals surface area contributed by atoms with E-state index in [-0.39, 0.29) is 17.8 Å². The van der Waals surface area contributed by atoms with Crippen LogP contribution in [0.1, 0.15) is 39.5 Å². The molecule has 2 aromatic rings. The van der Waals surface area contributed by atoms with Crippen LogP contribution in [0.15, 0.2) is 18.2 Å². The van der Waals surface area contributed by atoms with E-state index in [9.17, 15) is 9.90 Å². The number of aromatic hydroxyl groups is 1. The quantitative estimate of drug-likeness (QED) is 0.665. The molecule has 2 aliphatic heterocycles. The standard InChI is InChI=1S/C18H21N3O3S/c1-3-21-7-6-11-14(9-21)25-18-15(11)17(23)19-16(20-18)10-4-5-12(22)13(8-10)24-2/h4-5,8,16,20,22H,3,6-7,9H2,1-2H3,(H,19,23)/p+1/t16-/m0/s1. The maximum absolute atomic E-state index is 12.7. The van der Waals surface area contributed by atoms with Crippen molar-refractivity contribution in [2.24, 2.45) is 0 Å². The number of phenolic OH excluding ortho intramolecular Hbond substituents is 1. The lowest BCUT2D eigenvalue weighted by Crippen LogP contribution is -3.11. The lowest BCUT2D eigenvalue weighted by Gasteiger charge is -2.27. The van der Waals surface area contributed by atoms with E-state index in [1.54, 1.807) is 34.4 Å². The number of methoxy groups -OCH3 is 1. The molecule has 1 aromatic carbocycles. The molecule has 1 unspecified atom stereocenters. The summed E-state index contributed by atoms with van der Waals surface area (Å²) < 4.78 is 5.17. The molecule has 132 valence electrons. The lowest BCUT2D eigenvalue weighted by molar-refractivity contribution is -0.913. The molecule has 0 bridgehead atoms. The first kappa shape index (κ1) is 16.2. The Kier molecular flexibility index (Phi) is 4.05. The molecule has 1 aromatic heterocycles. The van der Waals surface area contributed by atoms with Crippen molar-refractivity contribution in [1.82, 2.24) is 5.32 Å². The van der Waals surface area contributed by atoms with E-state index in [4.69, 9.17) is 4.74 Å². The first-order chi connectivity index (χ1) is 12.1. The summed E-state index contributed by atoms with van der Waals surface area (Å²) >= 11 is 1.70. The van der Waals surface area contributed by atoms with Crippen LogP contribution in [0.5, 0.6) is 11.5 Å². The van der Waals surface area contributed by atoms with Crippen LogP contribution in [0.3, 0.4) is 0 Å². The first-order valence-electron chi connectivity index (χ1n) is 8.53. The normalized spacial score (nSPS) is 21.8. The van der Waals surface area contributed by atoms with Crippen LogP contribution < -0.4 is 20.3 Å². The SMILES string of the molecule is CC[NH+]1CCc2c(sc3c2C(=O)N[C@H](c2ccc(O)c(OC)c2)N3)C1. The van der Waals surface area contributed by atoms with E-state index < -0.39 is 0 Å². The van der Waals surface area contributed by atoms with Gasteiger partial charge in [0.25, 0.3) is 5.91 Å². The summed E-state index contributed by atoms with van der Waals surface area (Å²) in [4.78, 5) is 15.6. The molecular formula is C18H22N3O3S+. The zero-order valence-electron chi connectivity index (χ0n) is 14.3. The number of carbonyl (C=O) groups excluding carboxylic acids is 1. The smallest absolute Gasteiger partial charge is 0.256 e. The monoisotopic (exact) mass is 360 g/mol. The van der Waals surface area contributed by atoms with E-state index in [2.05, 4.69) is 17.6 Å². The number of thiophene rings is 1. The van der Waals surface area contributed by atoms with E-state index in [0.29, 0.717) is 5.75 Å². The minimum absolute atomic E-state index is 0.0248. The Morgan fingerprint density at radius 2 is 2.24 bits per heavy atom. The number of rotatable bonds is 3. The summed E-state index contributed by atoms with van der Waals surface area (Å²) in [7, 11) is 1.51. The average molecular weight is 360 g/mol. The Morgan fingerprint density at radius 1 is 1.40 bits per heavy atom. The van der Waals surface area contributed by atoms with Crippen molar-refractivity contribution in [1.29, 1.82) is 0 Å². The molecular weight excluding hydrogens is 338 g/mol. The lowest BCUT2D eigenvalue weighted by atomic mass is 10.0. The third-order valence-electron chi connectivity index (χ3n) is 5.04. The number of anilines is 1. The number of likely N-dealkylation sites (N-methyl/N-ethyl adjacent to an activating group) is 1. The molecule has 0 radical (unpaired) electrons. The maximum Gasteiger partial charge on any atom is 0.256 e. The number of phenols is 1. The van der Waals surface area contributed by atoms with E-state index in [1.165, 1.54) is 17.6 Å². The van der Waals surface area contributed by atoms with E-state index in [1.807, 2.05) is 0 Å². The molecule has 1 amide bonds. The van der Waals surface area contributed by atoms with Gasteiger partial charge in [-0.1, -0.05) is 6.07 Å². The zero-order valence-corrected chi connectivity index (χ0v) is 15.1. The third-order valence-corrected chi connectivity index (χ3v) is 6.21. The third kappa shape index (κ3) is 2.73. The van der Waals surface area contributed by atoms with Gasteiger partial charge in [-0.25, -0.2) is 0 Å². The largest absolute Gasteiger partial charge is 0.504 e. The van der Waals surface area contributed by atoms with Gasteiger partial charge in [0, 0.05) is 6.42 Å². The number of benzene rings is 1. The van der Waals surface area contributed by atoms with Crippen molar-refractivity contribution in [2.45, 2.75) is 26.1 Å². The molecule has 4 rings (SSSR count). The maximum atomic E-state index is 12.7. The van der Waals surface area contributed by atoms with Crippen LogP contribution in [0, 0.1) is 0 Å². The average Bonchev–Trinajstić information content (AvgIpc) is 2.99. The number of nitrogens with one attached hydrogen (secondary N) is 3. The van der Waals surface area contributed by atoms with Crippen LogP contribution in [0.4, 0.5) is 5.00 Å². The summed E-state index contributed by atoms with van der Waals surface area (Å²) in [5.74, 6) is 0.457. The second-order valence-corrected chi connectivity index (χ2v) is 7.58. The molecule has 4 N–H and O–H groups in total. The fourth-order valence-corrected chi connectivity index (χ4v) is 4.94. The molecule has 7 heteroatoms. The highest BCUT2D eigenvalue weighted by atomic mass is 32.1. The van der Waals surface area contributed by atoms with Gasteiger partial charge in [0.2, 0.25) is 0 Å². The van der Waals surface area contributed by atoms with Crippen molar-refractivity contribution in [2.75, 3.05) is 25.5 Å². The predicted octanol–water partition coefficient (Wildman–Crippen LogP) is 1.28. The fourth-order valence-electron chi connectivity index (χ4n) is 3.59. The number of quaternary nitrogens is 1. The van der Waals surface area contributed by atoms with E-state index in [0.717, 1.165) is 42.2 Å². The molecule has 0 aliphatic carbocycles. The van der Waals surface area contributed by atoms with Crippen LogP contribution in [0.25, 0.3) is 0 Å². The number of ether oxygens (including phenoxy) is 1. The predicted molar refractivity (Wildman–Crippen MR) is 96.6 cm³/mol. The van der Waals surface area contributed by atoms with Crippen molar-refractivity contribution in [3.05, 3.63) is 39.8 Å². The Morgan fingerprint density at radius 3 is 3.00 bits per heavy atom. The zero-order chi connectivity index (χ0) is 17.6. The fraction of sp³-hybridized carbons (Fsp3) is 0.389. The Bertz CT molecular complexity index is 833. The molecule has 25 heavy (non-hydrogen) atoms. The second kappa shape index (κ2) is 6.24. The first-order valence-corrected chi connectivity index (χ1v) is 9.34. The van der Waals surface area contributed by atoms with Crippen LogP contribution >= 0.6 is 11.3 Å². The van der Waals surface area contributed by atoms with Gasteiger partial charge in [-0.2, -0.15) is 0 Å². The Balaban J connectivity index is 1.66. The van der Waals surface area contributed by atoms with Gasteiger partial charge >= 0.3 is 0 Å². The highest BCUT2D eigenvalue weighted by molar-refractivity contribution is 7.16. The minimum Gasteiger partial charge on any atom is -0.504 e. The number of hydrogen-bond acceptors (Lipinski definition) is 5. The molecule has 2 aliphatic rings. The van der Waals surface area contributed by atoms with Gasteiger partial charge in [-0.05, 0) is 30.2 Å². The van der Waals surface area contributed by atoms with Crippen molar-refractivity contribution < 1.29 is 19.5 Å². The number of carbonyl (C=O) groups is 1. The highest BCUT2D eigenvalue weighted by Gasteiger charge is 2.34. The van der Waals surface area contributed by atoms with E-state index >= 15 is 0 Å². The van der Waals surface area contributed by atoms with Gasteiger partial charge < -0.3 is 25.4 Å². The summed E-state index contributed by atoms with van der Waals surface area (Å²) in [5.41, 5.74) is 2.88. The molecule has 0 saturated heterocycles. The second-order valence-electron chi connectivity index (χ2n) is 6.47. The molecule has 3 heterocycles. The van der Waals surface area contributed by atoms with Crippen molar-refractivity contribution >= 4 is 22.2 Å². The van der Waals surface area contributed by atoms with Gasteiger partial charge in [-0.15, -0.1) is 11.3 Å². The molecule has 0 fully saturated rings. The summed E-state index contributed by atoms with van der Waals surface area (Å²) in [6.07, 6.45) is 0.626. The topological polar surface area (TPSA) is 75.0 Å². The number of amides is 1. The van der Waals surface area contributed by atoms with Crippen molar-refractivity contribution in [3.8, 4) is 11.5 Å². The summed E-state index contributed by atoms with van der Waals surface area (Å²) in [5, 5.41) is 17.2. The molecule has 2 atom stereocenters. The van der Waals surface area contributed by atoms with Crippen LogP contribution in [0.2, 0.25) is 0 Å². The summed E-state index contributed by atoms with van der Waals surface area (Å²) in [6.45, 7) is 5.39. The van der Waals surface area contributed by atoms with Gasteiger partial charge in [0.15, 0.2) is 11.5 Å². The number of hydrogen-bond donors (Lipinski definition) is 4. The molecule has 0 spiro atoms.